The monoisotopic (exact) mass is 636 g/mol. The average molecular weight is 637 g/mol. The Morgan fingerprint density at radius 2 is 1.46 bits per heavy atom. The molecule has 0 saturated heterocycles. The molecule has 15 nitrogen and oxygen atoms in total. The zero-order valence-corrected chi connectivity index (χ0v) is 24.5. The predicted molar refractivity (Wildman–Crippen MR) is 164 cm³/mol. The molecule has 2 aliphatic rings. The van der Waals surface area contributed by atoms with E-state index in [9.17, 15) is 29.4 Å². The second-order valence-electron chi connectivity index (χ2n) is 10.2. The highest BCUT2D eigenvalue weighted by Crippen LogP contribution is 2.43. The normalized spacial score (nSPS) is 11.2. The molecule has 1 aliphatic carbocycles. The molecule has 1 heterocycles. The van der Waals surface area contributed by atoms with E-state index in [4.69, 9.17) is 35.2 Å². The molecular weight excluding hydrogens is 604 g/mol. The number of carboxylic acids is 4. The van der Waals surface area contributed by atoms with Crippen LogP contribution in [-0.2, 0) is 23.9 Å². The third-order valence-corrected chi connectivity index (χ3v) is 6.74. The molecule has 1 aliphatic heterocycles. The fourth-order valence-electron chi connectivity index (χ4n) is 4.92. The third kappa shape index (κ3) is 8.71. The maximum atomic E-state index is 11.8. The number of ether oxygens (including phenoxy) is 2. The molecule has 0 unspecified atom stereocenters. The van der Waals surface area contributed by atoms with Crippen molar-refractivity contribution in [1.29, 1.82) is 5.41 Å². The molecular formula is C31H32N4O11. The molecule has 0 aromatic heterocycles. The van der Waals surface area contributed by atoms with Crippen LogP contribution in [0.5, 0.6) is 5.75 Å². The first-order valence-corrected chi connectivity index (χ1v) is 13.9. The maximum absolute atomic E-state index is 11.8. The summed E-state index contributed by atoms with van der Waals surface area (Å²) in [4.78, 5) is 47.8. The van der Waals surface area contributed by atoms with E-state index in [1.54, 1.807) is 54.6 Å². The third-order valence-electron chi connectivity index (χ3n) is 6.74. The molecule has 0 radical (unpaired) electrons. The van der Waals surface area contributed by atoms with Gasteiger partial charge in [0.05, 0.1) is 37.3 Å². The zero-order valence-electron chi connectivity index (χ0n) is 24.5. The quantitative estimate of drug-likeness (QED) is 0.0553. The first-order valence-electron chi connectivity index (χ1n) is 13.9. The van der Waals surface area contributed by atoms with Crippen LogP contribution >= 0.6 is 0 Å². The summed E-state index contributed by atoms with van der Waals surface area (Å²) in [5, 5.41) is 46.1. The summed E-state index contributed by atoms with van der Waals surface area (Å²) in [6.45, 7) is -2.19. The van der Waals surface area contributed by atoms with Gasteiger partial charge in [0.25, 0.3) is 0 Å². The van der Waals surface area contributed by atoms with Gasteiger partial charge in [-0.3, -0.25) is 24.1 Å². The first kappa shape index (κ1) is 33.2. The molecule has 0 bridgehead atoms. The lowest BCUT2D eigenvalue weighted by atomic mass is 9.93. The Hall–Kier alpha value is -5.67. The van der Waals surface area contributed by atoms with Crippen LogP contribution in [0.3, 0.4) is 0 Å². The van der Waals surface area contributed by atoms with Crippen LogP contribution < -0.4 is 20.7 Å². The van der Waals surface area contributed by atoms with Crippen molar-refractivity contribution in [3.05, 3.63) is 60.0 Å². The number of rotatable bonds is 17. The summed E-state index contributed by atoms with van der Waals surface area (Å²) in [7, 11) is 0. The van der Waals surface area contributed by atoms with Gasteiger partial charge in [0.15, 0.2) is 0 Å². The van der Waals surface area contributed by atoms with E-state index in [-0.39, 0.29) is 43.2 Å². The van der Waals surface area contributed by atoms with Gasteiger partial charge in [-0.05, 0) is 42.0 Å². The SMILES string of the molecule is N=c1ccc2c(-c3ccc(OCCOCCN(CC(=O)O)CC(=O)O)c(N(CC(=O)O)CC(=O)O)c3)c3ccc(N)cc3oc-2c1. The molecule has 0 amide bonds. The van der Waals surface area contributed by atoms with E-state index in [0.29, 0.717) is 39.1 Å². The van der Waals surface area contributed by atoms with Crippen molar-refractivity contribution in [1.82, 2.24) is 4.90 Å². The highest BCUT2D eigenvalue weighted by Gasteiger charge is 2.23. The van der Waals surface area contributed by atoms with Gasteiger partial charge in [-0.25, -0.2) is 0 Å². The lowest BCUT2D eigenvalue weighted by molar-refractivity contribution is -0.142. The smallest absolute Gasteiger partial charge is 0.323 e. The van der Waals surface area contributed by atoms with Crippen LogP contribution in [0.2, 0.25) is 0 Å². The number of nitrogens with two attached hydrogens (primary N) is 1. The van der Waals surface area contributed by atoms with Crippen LogP contribution in [0, 0.1) is 5.41 Å². The number of hydrogen-bond acceptors (Lipinski definition) is 11. The van der Waals surface area contributed by atoms with Gasteiger partial charge >= 0.3 is 23.9 Å². The molecule has 242 valence electrons. The number of hydrogen-bond donors (Lipinski definition) is 6. The lowest BCUT2D eigenvalue weighted by Crippen LogP contribution is -2.37. The number of carbonyl (C=O) groups is 4. The number of benzene rings is 3. The molecule has 2 aromatic rings. The van der Waals surface area contributed by atoms with Crippen molar-refractivity contribution in [2.75, 3.05) is 63.2 Å². The minimum atomic E-state index is -1.26. The highest BCUT2D eigenvalue weighted by molar-refractivity contribution is 6.03. The molecule has 4 rings (SSSR count). The summed E-state index contributed by atoms with van der Waals surface area (Å²) in [6, 6.07) is 15.0. The lowest BCUT2D eigenvalue weighted by Gasteiger charge is -2.25. The van der Waals surface area contributed by atoms with E-state index >= 15 is 0 Å². The summed E-state index contributed by atoms with van der Waals surface area (Å²) in [5.41, 5.74) is 9.03. The molecule has 0 atom stereocenters. The molecule has 15 heteroatoms. The number of anilines is 2. The average Bonchev–Trinajstić information content (AvgIpc) is 2.96. The Kier molecular flexibility index (Phi) is 10.7. The van der Waals surface area contributed by atoms with Gasteiger partial charge in [-0.1, -0.05) is 6.07 Å². The Labute approximate surface area is 261 Å². The van der Waals surface area contributed by atoms with Gasteiger partial charge < -0.3 is 50.4 Å². The Balaban J connectivity index is 1.66. The minimum Gasteiger partial charge on any atom is -0.489 e. The number of carboxylic acid groups (broad SMARTS) is 4. The molecule has 0 fully saturated rings. The Bertz CT molecular complexity index is 1760. The second kappa shape index (κ2) is 14.9. The van der Waals surface area contributed by atoms with E-state index in [0.717, 1.165) is 4.90 Å². The molecule has 7 N–H and O–H groups in total. The fourth-order valence-corrected chi connectivity index (χ4v) is 4.92. The van der Waals surface area contributed by atoms with Crippen molar-refractivity contribution in [2.24, 2.45) is 0 Å². The van der Waals surface area contributed by atoms with Crippen molar-refractivity contribution < 1.29 is 53.5 Å². The molecule has 46 heavy (non-hydrogen) atoms. The fraction of sp³-hybridized carbons (Fsp3) is 0.258. The van der Waals surface area contributed by atoms with Crippen molar-refractivity contribution in [3.63, 3.8) is 0 Å². The predicted octanol–water partition coefficient (Wildman–Crippen LogP) is 2.11. The number of fused-ring (bicyclic) bond motifs is 2. The second-order valence-corrected chi connectivity index (χ2v) is 10.2. The van der Waals surface area contributed by atoms with Gasteiger partial charge in [0.2, 0.25) is 0 Å². The van der Waals surface area contributed by atoms with Gasteiger partial charge in [0, 0.05) is 40.9 Å². The number of nitrogens with zero attached hydrogens (tertiary/aromatic N) is 2. The van der Waals surface area contributed by atoms with Gasteiger partial charge in [-0.2, -0.15) is 0 Å². The standard InChI is InChI=1S/C31H32N4O11/c32-19-2-4-21-25(12-19)46-26-13-20(33)3-5-22(26)31(21)18-1-6-24(23(11-18)35(16-29(40)41)17-30(42)43)45-10-9-44-8-7-34(14-27(36)37)15-28(38)39/h1-6,11-13,32H,7-10,14-17,33H2,(H,36,37)(H,38,39)(H,40,41)(H,42,43). The van der Waals surface area contributed by atoms with E-state index in [2.05, 4.69) is 0 Å². The van der Waals surface area contributed by atoms with Crippen LogP contribution in [0.25, 0.3) is 33.4 Å². The highest BCUT2D eigenvalue weighted by atomic mass is 16.5. The summed E-state index contributed by atoms with van der Waals surface area (Å²) < 4.78 is 17.4. The number of nitrogen functional groups attached to an aromatic ring is 1. The number of nitrogens with one attached hydrogen (secondary N) is 1. The van der Waals surface area contributed by atoms with E-state index < -0.39 is 50.1 Å². The van der Waals surface area contributed by atoms with Gasteiger partial charge in [-0.15, -0.1) is 0 Å². The Morgan fingerprint density at radius 3 is 2.11 bits per heavy atom. The maximum Gasteiger partial charge on any atom is 0.323 e. The first-order chi connectivity index (χ1) is 21.9. The van der Waals surface area contributed by atoms with Crippen LogP contribution in [0.1, 0.15) is 0 Å². The molecule has 2 aromatic carbocycles. The largest absolute Gasteiger partial charge is 0.489 e. The van der Waals surface area contributed by atoms with E-state index in [1.807, 2.05) is 0 Å². The van der Waals surface area contributed by atoms with Gasteiger partial charge in [0.1, 0.15) is 36.8 Å². The van der Waals surface area contributed by atoms with Crippen molar-refractivity contribution in [3.8, 4) is 28.2 Å². The topological polar surface area (TPSA) is 237 Å². The van der Waals surface area contributed by atoms with Crippen LogP contribution in [-0.4, -0.2) is 102 Å². The van der Waals surface area contributed by atoms with Crippen molar-refractivity contribution in [2.45, 2.75) is 0 Å². The summed E-state index contributed by atoms with van der Waals surface area (Å²) in [6.07, 6.45) is 0. The molecule has 0 saturated carbocycles. The minimum absolute atomic E-state index is 0.0133. The van der Waals surface area contributed by atoms with E-state index in [1.165, 1.54) is 4.90 Å². The summed E-state index contributed by atoms with van der Waals surface area (Å²) >= 11 is 0. The summed E-state index contributed by atoms with van der Waals surface area (Å²) in [5.74, 6) is -4.28. The number of aliphatic carboxylic acids is 4. The van der Waals surface area contributed by atoms with Crippen molar-refractivity contribution >= 4 is 46.2 Å². The van der Waals surface area contributed by atoms with Crippen LogP contribution in [0.4, 0.5) is 11.4 Å². The zero-order chi connectivity index (χ0) is 33.4. The Morgan fingerprint density at radius 1 is 0.783 bits per heavy atom. The molecule has 0 spiro atoms. The van der Waals surface area contributed by atoms with Crippen LogP contribution in [0.15, 0.2) is 59.0 Å².